The standard InChI is InChI=1S/C8H8BrNO2/c1-5-2-6(3-7(11)12)8(9)10-4-5/h2,4H,3H2,1H3,(H,11,12). The SMILES string of the molecule is Cc1cnc(Br)c(CC(=O)O)c1. The first-order valence-electron chi connectivity index (χ1n) is 3.42. The number of halogens is 1. The van der Waals surface area contributed by atoms with E-state index < -0.39 is 5.97 Å². The lowest BCUT2D eigenvalue weighted by Gasteiger charge is -2.00. The van der Waals surface area contributed by atoms with Gasteiger partial charge in [-0.1, -0.05) is 6.07 Å². The third kappa shape index (κ3) is 2.30. The third-order valence-electron chi connectivity index (χ3n) is 1.39. The second-order valence-corrected chi connectivity index (χ2v) is 3.28. The molecule has 0 aromatic carbocycles. The summed E-state index contributed by atoms with van der Waals surface area (Å²) >= 11 is 3.18. The lowest BCUT2D eigenvalue weighted by atomic mass is 10.2. The Kier molecular flexibility index (Phi) is 2.81. The van der Waals surface area contributed by atoms with Gasteiger partial charge in [0.1, 0.15) is 4.60 Å². The number of carbonyl (C=O) groups is 1. The summed E-state index contributed by atoms with van der Waals surface area (Å²) in [4.78, 5) is 14.4. The average Bonchev–Trinajstić information content (AvgIpc) is 1.96. The summed E-state index contributed by atoms with van der Waals surface area (Å²) in [5.74, 6) is -0.844. The predicted molar refractivity (Wildman–Crippen MR) is 48.0 cm³/mol. The number of aryl methyl sites for hydroxylation is 1. The molecule has 1 aromatic rings. The van der Waals surface area contributed by atoms with E-state index in [0.29, 0.717) is 10.2 Å². The molecule has 0 spiro atoms. The topological polar surface area (TPSA) is 50.2 Å². The fourth-order valence-electron chi connectivity index (χ4n) is 0.900. The summed E-state index contributed by atoms with van der Waals surface area (Å²) in [5, 5.41) is 8.53. The molecule has 0 saturated carbocycles. The van der Waals surface area contributed by atoms with Crippen LogP contribution in [0.4, 0.5) is 0 Å². The number of nitrogens with zero attached hydrogens (tertiary/aromatic N) is 1. The lowest BCUT2D eigenvalue weighted by molar-refractivity contribution is -0.136. The number of carboxylic acid groups (broad SMARTS) is 1. The monoisotopic (exact) mass is 229 g/mol. The van der Waals surface area contributed by atoms with Crippen LogP contribution in [-0.2, 0) is 11.2 Å². The van der Waals surface area contributed by atoms with Gasteiger partial charge in [-0.3, -0.25) is 4.79 Å². The normalized spacial score (nSPS) is 9.83. The lowest BCUT2D eigenvalue weighted by Crippen LogP contribution is -2.02. The van der Waals surface area contributed by atoms with Crippen molar-refractivity contribution < 1.29 is 9.90 Å². The van der Waals surface area contributed by atoms with Gasteiger partial charge in [-0.05, 0) is 34.0 Å². The zero-order valence-corrected chi connectivity index (χ0v) is 8.13. The van der Waals surface area contributed by atoms with Crippen LogP contribution in [0.25, 0.3) is 0 Å². The molecule has 3 nitrogen and oxygen atoms in total. The Bertz CT molecular complexity index is 312. The zero-order valence-electron chi connectivity index (χ0n) is 6.54. The maximum Gasteiger partial charge on any atom is 0.307 e. The Morgan fingerprint density at radius 3 is 3.00 bits per heavy atom. The highest BCUT2D eigenvalue weighted by Crippen LogP contribution is 2.15. The van der Waals surface area contributed by atoms with Crippen molar-refractivity contribution in [2.45, 2.75) is 13.3 Å². The molecule has 0 bridgehead atoms. The van der Waals surface area contributed by atoms with Gasteiger partial charge in [0.25, 0.3) is 0 Å². The molecule has 0 unspecified atom stereocenters. The number of carboxylic acids is 1. The zero-order chi connectivity index (χ0) is 9.14. The van der Waals surface area contributed by atoms with E-state index in [1.807, 2.05) is 13.0 Å². The summed E-state index contributed by atoms with van der Waals surface area (Å²) in [6.45, 7) is 1.88. The first-order chi connectivity index (χ1) is 5.59. The summed E-state index contributed by atoms with van der Waals surface area (Å²) < 4.78 is 0.607. The number of hydrogen-bond acceptors (Lipinski definition) is 2. The second-order valence-electron chi connectivity index (χ2n) is 2.53. The molecule has 0 fully saturated rings. The first-order valence-corrected chi connectivity index (χ1v) is 4.21. The summed E-state index contributed by atoms with van der Waals surface area (Å²) in [6.07, 6.45) is 1.70. The number of aromatic nitrogens is 1. The molecule has 0 atom stereocenters. The molecule has 0 aliphatic carbocycles. The van der Waals surface area contributed by atoms with Crippen LogP contribution in [0.1, 0.15) is 11.1 Å². The Labute approximate surface area is 78.6 Å². The van der Waals surface area contributed by atoms with Crippen molar-refractivity contribution in [1.29, 1.82) is 0 Å². The average molecular weight is 230 g/mol. The van der Waals surface area contributed by atoms with Crippen LogP contribution < -0.4 is 0 Å². The van der Waals surface area contributed by atoms with E-state index in [0.717, 1.165) is 5.56 Å². The van der Waals surface area contributed by atoms with Crippen LogP contribution in [0, 0.1) is 6.92 Å². The number of pyridine rings is 1. The summed E-state index contributed by atoms with van der Waals surface area (Å²) in [5.41, 5.74) is 1.68. The first kappa shape index (κ1) is 9.19. The van der Waals surface area contributed by atoms with Gasteiger partial charge >= 0.3 is 5.97 Å². The predicted octanol–water partition coefficient (Wildman–Crippen LogP) is 1.78. The van der Waals surface area contributed by atoms with Crippen LogP contribution in [0.2, 0.25) is 0 Å². The van der Waals surface area contributed by atoms with E-state index >= 15 is 0 Å². The van der Waals surface area contributed by atoms with Gasteiger partial charge in [0.2, 0.25) is 0 Å². The highest BCUT2D eigenvalue weighted by molar-refractivity contribution is 9.10. The summed E-state index contributed by atoms with van der Waals surface area (Å²) in [6, 6.07) is 1.81. The number of aliphatic carboxylic acids is 1. The van der Waals surface area contributed by atoms with Crippen LogP contribution in [0.15, 0.2) is 16.9 Å². The van der Waals surface area contributed by atoms with Gasteiger partial charge in [-0.25, -0.2) is 4.98 Å². The molecular weight excluding hydrogens is 222 g/mol. The smallest absolute Gasteiger partial charge is 0.307 e. The van der Waals surface area contributed by atoms with E-state index in [4.69, 9.17) is 5.11 Å². The van der Waals surface area contributed by atoms with E-state index in [1.165, 1.54) is 0 Å². The molecule has 0 aliphatic rings. The van der Waals surface area contributed by atoms with Crippen molar-refractivity contribution in [2.75, 3.05) is 0 Å². The van der Waals surface area contributed by atoms with Gasteiger partial charge in [-0.2, -0.15) is 0 Å². The molecule has 0 radical (unpaired) electrons. The van der Waals surface area contributed by atoms with Crippen molar-refractivity contribution in [3.63, 3.8) is 0 Å². The van der Waals surface area contributed by atoms with Crippen molar-refractivity contribution in [3.05, 3.63) is 28.0 Å². The fraction of sp³-hybridized carbons (Fsp3) is 0.250. The van der Waals surface area contributed by atoms with Gasteiger partial charge < -0.3 is 5.11 Å². The minimum atomic E-state index is -0.844. The molecular formula is C8H8BrNO2. The fourth-order valence-corrected chi connectivity index (χ4v) is 1.26. The Morgan fingerprint density at radius 1 is 1.75 bits per heavy atom. The minimum absolute atomic E-state index is 0.00919. The molecule has 64 valence electrons. The Hall–Kier alpha value is -0.900. The maximum absolute atomic E-state index is 10.4. The molecule has 12 heavy (non-hydrogen) atoms. The van der Waals surface area contributed by atoms with Crippen molar-refractivity contribution in [1.82, 2.24) is 4.98 Å². The largest absolute Gasteiger partial charge is 0.481 e. The molecule has 0 aliphatic heterocycles. The maximum atomic E-state index is 10.4. The Morgan fingerprint density at radius 2 is 2.42 bits per heavy atom. The Balaban J connectivity index is 2.97. The highest BCUT2D eigenvalue weighted by atomic mass is 79.9. The molecule has 1 N–H and O–H groups in total. The molecule has 0 amide bonds. The van der Waals surface area contributed by atoms with E-state index in [9.17, 15) is 4.79 Å². The van der Waals surface area contributed by atoms with Crippen LogP contribution in [0.3, 0.4) is 0 Å². The van der Waals surface area contributed by atoms with Crippen LogP contribution >= 0.6 is 15.9 Å². The molecule has 0 saturated heterocycles. The van der Waals surface area contributed by atoms with Gasteiger partial charge in [0.05, 0.1) is 6.42 Å². The quantitative estimate of drug-likeness (QED) is 0.787. The van der Waals surface area contributed by atoms with Crippen molar-refractivity contribution in [3.8, 4) is 0 Å². The number of hydrogen-bond donors (Lipinski definition) is 1. The van der Waals surface area contributed by atoms with E-state index in [-0.39, 0.29) is 6.42 Å². The van der Waals surface area contributed by atoms with E-state index in [1.54, 1.807) is 6.20 Å². The molecule has 1 heterocycles. The minimum Gasteiger partial charge on any atom is -0.481 e. The van der Waals surface area contributed by atoms with Gasteiger partial charge in [0.15, 0.2) is 0 Å². The van der Waals surface area contributed by atoms with Gasteiger partial charge in [0, 0.05) is 6.20 Å². The van der Waals surface area contributed by atoms with Crippen LogP contribution in [0.5, 0.6) is 0 Å². The molecule has 1 aromatic heterocycles. The highest BCUT2D eigenvalue weighted by Gasteiger charge is 2.05. The van der Waals surface area contributed by atoms with Gasteiger partial charge in [-0.15, -0.1) is 0 Å². The molecule has 1 rings (SSSR count). The van der Waals surface area contributed by atoms with Crippen molar-refractivity contribution in [2.24, 2.45) is 0 Å². The van der Waals surface area contributed by atoms with Crippen LogP contribution in [-0.4, -0.2) is 16.1 Å². The summed E-state index contributed by atoms with van der Waals surface area (Å²) in [7, 11) is 0. The molecule has 4 heteroatoms. The van der Waals surface area contributed by atoms with E-state index in [2.05, 4.69) is 20.9 Å². The number of rotatable bonds is 2. The second kappa shape index (κ2) is 3.67. The third-order valence-corrected chi connectivity index (χ3v) is 2.10. The van der Waals surface area contributed by atoms with Crippen molar-refractivity contribution >= 4 is 21.9 Å².